The maximum Gasteiger partial charge on any atom is 0.238 e. The number of benzene rings is 4. The van der Waals surface area contributed by atoms with Gasteiger partial charge >= 0.3 is 0 Å². The molecule has 0 aliphatic carbocycles. The van der Waals surface area contributed by atoms with Crippen LogP contribution in [0.15, 0.2) is 108 Å². The van der Waals surface area contributed by atoms with Crippen LogP contribution in [0.5, 0.6) is 0 Å². The molecule has 4 atom stereocenters. The number of ketones is 2. The first-order chi connectivity index (χ1) is 20.8. The summed E-state index contributed by atoms with van der Waals surface area (Å²) in [5.74, 6) is -1.16. The van der Waals surface area contributed by atoms with E-state index in [0.29, 0.717) is 22.7 Å². The highest BCUT2D eigenvalue weighted by Gasteiger charge is 2.70. The van der Waals surface area contributed by atoms with E-state index in [2.05, 4.69) is 35.1 Å². The van der Waals surface area contributed by atoms with Crippen molar-refractivity contribution >= 4 is 50.9 Å². The average Bonchev–Trinajstić information content (AvgIpc) is 3.49. The smallest absolute Gasteiger partial charge is 0.238 e. The Balaban J connectivity index is 1.48. The normalized spacial score (nSPS) is 23.2. The fourth-order valence-corrected chi connectivity index (χ4v) is 7.63. The van der Waals surface area contributed by atoms with Crippen LogP contribution in [0.25, 0.3) is 6.08 Å². The predicted molar refractivity (Wildman–Crippen MR) is 174 cm³/mol. The largest absolute Gasteiger partial charge is 0.352 e. The predicted octanol–water partition coefficient (Wildman–Crippen LogP) is 7.50. The molecule has 1 amide bonds. The second-order valence-electron chi connectivity index (χ2n) is 12.1. The van der Waals surface area contributed by atoms with E-state index in [9.17, 15) is 14.4 Å². The topological polar surface area (TPSA) is 66.5 Å². The molecule has 4 aromatic carbocycles. The van der Waals surface area contributed by atoms with Crippen LogP contribution < -0.4 is 10.2 Å². The highest BCUT2D eigenvalue weighted by Crippen LogP contribution is 2.58. The van der Waals surface area contributed by atoms with Crippen molar-refractivity contribution in [3.8, 4) is 0 Å². The van der Waals surface area contributed by atoms with Gasteiger partial charge in [0.15, 0.2) is 11.6 Å². The highest BCUT2D eigenvalue weighted by atomic mass is 79.9. The summed E-state index contributed by atoms with van der Waals surface area (Å²) in [6, 6.07) is 28.9. The Labute approximate surface area is 259 Å². The van der Waals surface area contributed by atoms with E-state index in [-0.39, 0.29) is 17.5 Å². The summed E-state index contributed by atoms with van der Waals surface area (Å²) in [5.41, 5.74) is 4.04. The molecule has 0 saturated carbocycles. The van der Waals surface area contributed by atoms with Crippen LogP contribution in [-0.4, -0.2) is 29.6 Å². The zero-order valence-electron chi connectivity index (χ0n) is 24.0. The van der Waals surface area contributed by atoms with Gasteiger partial charge in [0.25, 0.3) is 0 Å². The fourth-order valence-electron chi connectivity index (χ4n) is 7.36. The van der Waals surface area contributed by atoms with Crippen molar-refractivity contribution < 1.29 is 14.4 Å². The molecule has 6 heteroatoms. The van der Waals surface area contributed by atoms with Gasteiger partial charge in [-0.1, -0.05) is 115 Å². The van der Waals surface area contributed by atoms with Gasteiger partial charge in [0, 0.05) is 27.0 Å². The van der Waals surface area contributed by atoms with Crippen LogP contribution in [0.2, 0.25) is 0 Å². The molecule has 7 rings (SSSR count). The number of carbonyl (C=O) groups excluding carboxylic acids is 3. The van der Waals surface area contributed by atoms with Gasteiger partial charge in [0.2, 0.25) is 5.91 Å². The third-order valence-corrected chi connectivity index (χ3v) is 9.63. The number of Topliss-reactive ketones (excluding diaryl/α,β-unsaturated/α-hetero) is 2. The molecule has 0 radical (unpaired) electrons. The standard InChI is InChI=1S/C37H31BrN2O3/c1-22(2)21-23-11-13-25(14-12-23)34(41)32-33(35(42)26-15-18-27(38)19-16-26)40-30-10-6-3-7-24(30)17-20-31(40)37(32)28-8-4-5-9-29(28)39-36(37)43/h3-20,22,31-33H,21H2,1-2H3,(H,39,43)/t31-,32-,33+,37-/m0/s1. The summed E-state index contributed by atoms with van der Waals surface area (Å²) in [5, 5.41) is 3.09. The van der Waals surface area contributed by atoms with E-state index < -0.39 is 23.4 Å². The van der Waals surface area contributed by atoms with Crippen molar-refractivity contribution in [1.82, 2.24) is 0 Å². The number of halogens is 1. The molecular formula is C37H31BrN2O3. The highest BCUT2D eigenvalue weighted by molar-refractivity contribution is 9.10. The van der Waals surface area contributed by atoms with Crippen molar-refractivity contribution in [3.05, 3.63) is 135 Å². The summed E-state index contributed by atoms with van der Waals surface area (Å²) in [6.07, 6.45) is 4.92. The van der Waals surface area contributed by atoms with E-state index in [1.807, 2.05) is 102 Å². The molecule has 5 nitrogen and oxygen atoms in total. The Morgan fingerprint density at radius 2 is 1.51 bits per heavy atom. The molecule has 1 spiro atoms. The van der Waals surface area contributed by atoms with Gasteiger partial charge in [-0.25, -0.2) is 0 Å². The van der Waals surface area contributed by atoms with Crippen LogP contribution >= 0.6 is 15.9 Å². The van der Waals surface area contributed by atoms with Crippen LogP contribution in [0.3, 0.4) is 0 Å². The van der Waals surface area contributed by atoms with Crippen LogP contribution in [0.1, 0.15) is 51.3 Å². The van der Waals surface area contributed by atoms with Crippen LogP contribution in [0.4, 0.5) is 11.4 Å². The Bertz CT molecular complexity index is 1790. The van der Waals surface area contributed by atoms with Gasteiger partial charge in [-0.05, 0) is 53.3 Å². The van der Waals surface area contributed by atoms with Crippen molar-refractivity contribution in [2.24, 2.45) is 11.8 Å². The first-order valence-electron chi connectivity index (χ1n) is 14.7. The monoisotopic (exact) mass is 630 g/mol. The number of fused-ring (bicyclic) bond motifs is 6. The molecule has 3 aliphatic rings. The molecule has 1 saturated heterocycles. The lowest BCUT2D eigenvalue weighted by atomic mass is 9.64. The molecule has 0 aromatic heterocycles. The van der Waals surface area contributed by atoms with Gasteiger partial charge in [0.1, 0.15) is 11.5 Å². The lowest BCUT2D eigenvalue weighted by Gasteiger charge is -2.37. The maximum atomic E-state index is 15.0. The summed E-state index contributed by atoms with van der Waals surface area (Å²) >= 11 is 3.48. The number of amides is 1. The van der Waals surface area contributed by atoms with Crippen molar-refractivity contribution in [2.75, 3.05) is 10.2 Å². The Morgan fingerprint density at radius 3 is 2.26 bits per heavy atom. The minimum absolute atomic E-state index is 0.188. The van der Waals surface area contributed by atoms with Gasteiger partial charge < -0.3 is 10.2 Å². The Hall–Kier alpha value is -4.29. The number of carbonyl (C=O) groups is 3. The van der Waals surface area contributed by atoms with Gasteiger partial charge in [-0.3, -0.25) is 14.4 Å². The zero-order chi connectivity index (χ0) is 29.9. The molecular weight excluding hydrogens is 600 g/mol. The lowest BCUT2D eigenvalue weighted by Crippen LogP contribution is -2.51. The first-order valence-corrected chi connectivity index (χ1v) is 15.5. The third kappa shape index (κ3) is 4.22. The third-order valence-electron chi connectivity index (χ3n) is 9.10. The number of nitrogens with one attached hydrogen (secondary N) is 1. The lowest BCUT2D eigenvalue weighted by molar-refractivity contribution is -0.121. The molecule has 1 N–H and O–H groups in total. The van der Waals surface area contributed by atoms with E-state index in [4.69, 9.17) is 0 Å². The van der Waals surface area contributed by atoms with Crippen LogP contribution in [0, 0.1) is 11.8 Å². The van der Waals surface area contributed by atoms with E-state index in [0.717, 1.165) is 33.3 Å². The molecule has 3 heterocycles. The number of hydrogen-bond donors (Lipinski definition) is 1. The quantitative estimate of drug-likeness (QED) is 0.224. The number of nitrogens with zero attached hydrogens (tertiary/aromatic N) is 1. The molecule has 4 aromatic rings. The second-order valence-corrected chi connectivity index (χ2v) is 13.0. The Morgan fingerprint density at radius 1 is 0.860 bits per heavy atom. The number of anilines is 2. The fraction of sp³-hybridized carbons (Fsp3) is 0.216. The number of hydrogen-bond acceptors (Lipinski definition) is 4. The molecule has 214 valence electrons. The van der Waals surface area contributed by atoms with Crippen molar-refractivity contribution in [3.63, 3.8) is 0 Å². The summed E-state index contributed by atoms with van der Waals surface area (Å²) in [7, 11) is 0. The van der Waals surface area contributed by atoms with Crippen LogP contribution in [-0.2, 0) is 16.6 Å². The second kappa shape index (κ2) is 10.5. The molecule has 3 aliphatic heterocycles. The SMILES string of the molecule is CC(C)Cc1ccc(C(=O)[C@@H]2[C@H](C(=O)c3ccc(Br)cc3)N3c4ccccc4C=C[C@H]3[C@]23C(=O)Nc2ccccc23)cc1. The molecule has 1 fully saturated rings. The summed E-state index contributed by atoms with van der Waals surface area (Å²) in [6.45, 7) is 4.33. The summed E-state index contributed by atoms with van der Waals surface area (Å²) in [4.78, 5) is 46.2. The Kier molecular flexibility index (Phi) is 6.70. The minimum Gasteiger partial charge on any atom is -0.352 e. The van der Waals surface area contributed by atoms with Crippen molar-refractivity contribution in [1.29, 1.82) is 0 Å². The van der Waals surface area contributed by atoms with E-state index in [1.165, 1.54) is 0 Å². The summed E-state index contributed by atoms with van der Waals surface area (Å²) < 4.78 is 0.856. The van der Waals surface area contributed by atoms with E-state index >= 15 is 0 Å². The number of rotatable bonds is 6. The van der Waals surface area contributed by atoms with Gasteiger partial charge in [-0.2, -0.15) is 0 Å². The van der Waals surface area contributed by atoms with Crippen molar-refractivity contribution in [2.45, 2.75) is 37.8 Å². The average molecular weight is 632 g/mol. The molecule has 0 bridgehead atoms. The molecule has 0 unspecified atom stereocenters. The van der Waals surface area contributed by atoms with E-state index in [1.54, 1.807) is 12.1 Å². The number of para-hydroxylation sites is 2. The first kappa shape index (κ1) is 27.5. The minimum atomic E-state index is -1.32. The zero-order valence-corrected chi connectivity index (χ0v) is 25.5. The van der Waals surface area contributed by atoms with Gasteiger partial charge in [-0.15, -0.1) is 0 Å². The molecule has 43 heavy (non-hydrogen) atoms. The maximum absolute atomic E-state index is 15.0. The van der Waals surface area contributed by atoms with Gasteiger partial charge in [0.05, 0.1) is 12.0 Å².